The van der Waals surface area contributed by atoms with E-state index in [0.29, 0.717) is 16.7 Å². The summed E-state index contributed by atoms with van der Waals surface area (Å²) in [5, 5.41) is 71.9. The van der Waals surface area contributed by atoms with E-state index >= 15 is 0 Å². The van der Waals surface area contributed by atoms with E-state index in [1.54, 1.807) is 98.0 Å². The summed E-state index contributed by atoms with van der Waals surface area (Å²) in [4.78, 5) is 240. The lowest BCUT2D eigenvalue weighted by molar-refractivity contribution is -0.143. The van der Waals surface area contributed by atoms with Gasteiger partial charge in [-0.3, -0.25) is 86.3 Å². The van der Waals surface area contributed by atoms with Crippen LogP contribution in [0.3, 0.4) is 0 Å². The number of nitrogens with two attached hydrogens (primary N) is 5. The van der Waals surface area contributed by atoms with Gasteiger partial charge in [0.1, 0.15) is 54.4 Å². The Balaban J connectivity index is 0.000000650. The number of carboxylic acids is 5. The molecule has 0 saturated carbocycles. The average molecular weight is 1560 g/mol. The number of fused-ring (bicyclic) bond motifs is 1. The standard InChI is InChI=1S/C45H60N10O14.C26H36N6O10/c1-24(11-18-37(58)59)50-44(68)34(22-26-23-49-29-10-6-5-9-27(26)29)55-43(67)32(15-20-39(62)63)53-45(69)33(21-25-7-3-2-4-8-25)54-42(66)31(14-19-38(60)61)52-41(65)30(13-17-36(48)57)51-40(64)28(46)12-16-35(47)56;1-14(33)29-19(13-15-5-3-2-4-6-15)25(40)31-17(9-12-22(36)37)23(38)30-16(7-10-20(27)34)24(39)32-18(26(41)42)8-11-21(28)35/h2-10,23-24,28,30-34,49H,11-22,46H2,1H3,(H2,47,56)(H2,48,57)(H,50,68)(H,51,64)(H,52,65)(H,53,69)(H,54,66)(H,55,67)(H,58,59)(H,60,61)(H,62,63);2-6,16-19H,7-13H2,1H3,(H2,27,34)(H2,28,35)(H,29,33)(H,30,38)(H,31,40)(H,32,39)(H,36,37)(H,41,42)/t24-,28+,30+,31+,32+,33+,34+;16-,17-,18-,19-/m10/s1. The highest BCUT2D eigenvalue weighted by Gasteiger charge is 2.36. The largest absolute Gasteiger partial charge is 0.481 e. The van der Waals surface area contributed by atoms with Crippen LogP contribution in [-0.4, -0.2) is 210 Å². The second-order valence-corrected chi connectivity index (χ2v) is 25.8. The van der Waals surface area contributed by atoms with Crippen LogP contribution in [0.4, 0.5) is 0 Å². The monoisotopic (exact) mass is 1560 g/mol. The Morgan fingerprint density at radius 2 is 0.622 bits per heavy atom. The van der Waals surface area contributed by atoms with Crippen molar-refractivity contribution in [2.75, 3.05) is 0 Å². The molecule has 604 valence electrons. The fraction of sp³-hybridized carbons (Fsp3) is 0.451. The molecular formula is C71H96N16O24. The van der Waals surface area contributed by atoms with E-state index in [-0.39, 0.29) is 64.2 Å². The number of hydrogen-bond donors (Lipinski definition) is 21. The second kappa shape index (κ2) is 47.7. The third-order valence-electron chi connectivity index (χ3n) is 16.6. The number of benzene rings is 3. The summed E-state index contributed by atoms with van der Waals surface area (Å²) in [5.74, 6) is -19.1. The predicted octanol–water partition coefficient (Wildman–Crippen LogP) is -4.00. The minimum atomic E-state index is -1.70. The molecular weight excluding hydrogens is 1460 g/mol. The number of hydrogen-bond acceptors (Lipinski definition) is 20. The lowest BCUT2D eigenvalue weighted by atomic mass is 10.0. The molecule has 0 aliphatic heterocycles. The van der Waals surface area contributed by atoms with E-state index in [9.17, 15) is 106 Å². The lowest BCUT2D eigenvalue weighted by Gasteiger charge is -2.27. The number of rotatable bonds is 50. The van der Waals surface area contributed by atoms with Crippen molar-refractivity contribution < 1.29 is 117 Å². The molecule has 111 heavy (non-hydrogen) atoms. The van der Waals surface area contributed by atoms with Crippen LogP contribution in [0.1, 0.15) is 133 Å². The minimum absolute atomic E-state index is 0.0467. The average Bonchev–Trinajstić information content (AvgIpc) is 1.71. The number of carbonyl (C=O) groups excluding carboxylic acids is 14. The number of primary amides is 4. The van der Waals surface area contributed by atoms with Gasteiger partial charge in [0, 0.05) is 101 Å². The van der Waals surface area contributed by atoms with Gasteiger partial charge < -0.3 is 112 Å². The SMILES string of the molecule is CC(=O)N[C@@H](Cc1ccccc1)C(=O)N[C@@H](CCC(=O)O)C(=O)N[C@@H](CCC(N)=O)C(=O)N[C@@H](CCC(N)=O)C(=O)O.C[C@H](CCC(=O)O)NC(=O)[C@H](Cc1c[nH]c2ccccc12)NC(=O)[C@H](CCC(=O)O)NC(=O)[C@H](Cc1ccccc1)NC(=O)[C@H](CCC(=O)O)NC(=O)[C@H](CCC(N)=O)NC(=O)[C@@H](N)CCC(N)=O. The van der Waals surface area contributed by atoms with Gasteiger partial charge in [0.25, 0.3) is 0 Å². The number of carboxylic acid groups (broad SMARTS) is 5. The maximum atomic E-state index is 14.3. The lowest BCUT2D eigenvalue weighted by Crippen LogP contribution is -2.60. The molecule has 11 atom stereocenters. The first kappa shape index (κ1) is 92.3. The van der Waals surface area contributed by atoms with Gasteiger partial charge in [-0.25, -0.2) is 4.79 Å². The highest BCUT2D eigenvalue weighted by molar-refractivity contribution is 5.99. The van der Waals surface area contributed by atoms with Crippen LogP contribution in [0.15, 0.2) is 91.1 Å². The normalized spacial score (nSPS) is 13.8. The fourth-order valence-electron chi connectivity index (χ4n) is 10.7. The van der Waals surface area contributed by atoms with Crippen molar-refractivity contribution in [3.05, 3.63) is 108 Å². The Hall–Kier alpha value is -12.9. The summed E-state index contributed by atoms with van der Waals surface area (Å²) >= 11 is 0. The van der Waals surface area contributed by atoms with Crippen molar-refractivity contribution in [3.8, 4) is 0 Å². The molecule has 4 rings (SSSR count). The Morgan fingerprint density at radius 3 is 0.991 bits per heavy atom. The molecule has 14 amide bonds. The molecule has 26 N–H and O–H groups in total. The maximum Gasteiger partial charge on any atom is 0.326 e. The van der Waals surface area contributed by atoms with Gasteiger partial charge in [0.05, 0.1) is 6.04 Å². The number of aromatic amines is 1. The van der Waals surface area contributed by atoms with Gasteiger partial charge in [-0.2, -0.15) is 0 Å². The molecule has 0 spiro atoms. The fourth-order valence-corrected chi connectivity index (χ4v) is 10.7. The van der Waals surface area contributed by atoms with Gasteiger partial charge in [-0.15, -0.1) is 0 Å². The van der Waals surface area contributed by atoms with Crippen LogP contribution in [-0.2, 0) is 110 Å². The van der Waals surface area contributed by atoms with Crippen LogP contribution >= 0.6 is 0 Å². The van der Waals surface area contributed by atoms with Crippen LogP contribution < -0.4 is 81.8 Å². The number of amides is 14. The zero-order chi connectivity index (χ0) is 83.0. The van der Waals surface area contributed by atoms with Crippen molar-refractivity contribution in [3.63, 3.8) is 0 Å². The Labute approximate surface area is 634 Å². The number of nitrogens with one attached hydrogen (secondary N) is 11. The van der Waals surface area contributed by atoms with E-state index in [1.165, 1.54) is 6.92 Å². The number of carbonyl (C=O) groups is 19. The van der Waals surface area contributed by atoms with E-state index in [4.69, 9.17) is 38.9 Å². The maximum absolute atomic E-state index is 14.3. The van der Waals surface area contributed by atoms with Crippen molar-refractivity contribution in [2.45, 2.75) is 202 Å². The molecule has 0 fully saturated rings. The molecule has 0 bridgehead atoms. The van der Waals surface area contributed by atoms with Crippen molar-refractivity contribution in [1.29, 1.82) is 0 Å². The molecule has 40 heteroatoms. The first-order valence-electron chi connectivity index (χ1n) is 34.9. The Morgan fingerprint density at radius 1 is 0.333 bits per heavy atom. The predicted molar refractivity (Wildman–Crippen MR) is 390 cm³/mol. The van der Waals surface area contributed by atoms with Crippen molar-refractivity contribution in [2.24, 2.45) is 28.7 Å². The zero-order valence-corrected chi connectivity index (χ0v) is 60.8. The quantitative estimate of drug-likeness (QED) is 0.0200. The third kappa shape index (κ3) is 36.5. The van der Waals surface area contributed by atoms with Gasteiger partial charge in [0.15, 0.2) is 0 Å². The van der Waals surface area contributed by atoms with E-state index in [0.717, 1.165) is 10.9 Å². The van der Waals surface area contributed by atoms with Crippen LogP contribution in [0.25, 0.3) is 10.9 Å². The summed E-state index contributed by atoms with van der Waals surface area (Å²) < 4.78 is 0. The number of para-hydroxylation sites is 1. The number of H-pyrrole nitrogens is 1. The molecule has 0 saturated heterocycles. The first-order valence-corrected chi connectivity index (χ1v) is 34.9. The highest BCUT2D eigenvalue weighted by atomic mass is 16.4. The number of aromatic nitrogens is 1. The van der Waals surface area contributed by atoms with Crippen LogP contribution in [0.5, 0.6) is 0 Å². The van der Waals surface area contributed by atoms with Crippen LogP contribution in [0.2, 0.25) is 0 Å². The first-order chi connectivity index (χ1) is 52.3. The minimum Gasteiger partial charge on any atom is -0.481 e. The van der Waals surface area contributed by atoms with Gasteiger partial charge >= 0.3 is 29.8 Å². The second-order valence-electron chi connectivity index (χ2n) is 25.8. The molecule has 1 heterocycles. The molecule has 40 nitrogen and oxygen atoms in total. The number of aliphatic carboxylic acids is 5. The van der Waals surface area contributed by atoms with Crippen LogP contribution in [0, 0.1) is 0 Å². The van der Waals surface area contributed by atoms with Gasteiger partial charge in [-0.05, 0) is 81.0 Å². The molecule has 0 radical (unpaired) electrons. The smallest absolute Gasteiger partial charge is 0.326 e. The van der Waals surface area contributed by atoms with Crippen molar-refractivity contribution >= 4 is 123 Å². The van der Waals surface area contributed by atoms with Crippen molar-refractivity contribution in [1.82, 2.24) is 58.2 Å². The molecule has 4 aromatic rings. The summed E-state index contributed by atoms with van der Waals surface area (Å²) in [6.45, 7) is 2.77. The molecule has 0 unspecified atom stereocenters. The molecule has 1 aromatic heterocycles. The van der Waals surface area contributed by atoms with Gasteiger partial charge in [0.2, 0.25) is 82.7 Å². The third-order valence-corrected chi connectivity index (χ3v) is 16.6. The topological polar surface area (TPSA) is 692 Å². The summed E-state index contributed by atoms with van der Waals surface area (Å²) in [5.41, 5.74) is 29.0. The van der Waals surface area contributed by atoms with E-state index in [2.05, 4.69) is 58.2 Å². The summed E-state index contributed by atoms with van der Waals surface area (Å²) in [7, 11) is 0. The highest BCUT2D eigenvalue weighted by Crippen LogP contribution is 2.20. The zero-order valence-electron chi connectivity index (χ0n) is 60.8. The van der Waals surface area contributed by atoms with E-state index < -0.39 is 237 Å². The van der Waals surface area contributed by atoms with E-state index in [1.807, 2.05) is 0 Å². The molecule has 3 aromatic carbocycles. The molecule has 0 aliphatic carbocycles. The summed E-state index contributed by atoms with van der Waals surface area (Å²) in [6.07, 6.45) is -5.01. The molecule has 0 aliphatic rings. The summed E-state index contributed by atoms with van der Waals surface area (Å²) in [6, 6.07) is 8.39. The Bertz CT molecular complexity index is 3950. The van der Waals surface area contributed by atoms with Gasteiger partial charge in [-0.1, -0.05) is 78.9 Å². The Kier molecular flexibility index (Phi) is 39.7.